The third kappa shape index (κ3) is 5.41. The van der Waals surface area contributed by atoms with Gasteiger partial charge < -0.3 is 20.4 Å². The molecule has 0 saturated carbocycles. The number of unbranched alkanes of at least 4 members (excludes halogenated alkanes) is 2. The number of rotatable bonds is 10. The first-order valence-corrected chi connectivity index (χ1v) is 11.8. The van der Waals surface area contributed by atoms with E-state index in [0.717, 1.165) is 45.6 Å². The second-order valence-electron chi connectivity index (χ2n) is 8.39. The van der Waals surface area contributed by atoms with Crippen molar-refractivity contribution in [2.75, 3.05) is 43.8 Å². The summed E-state index contributed by atoms with van der Waals surface area (Å²) < 4.78 is 6.72. The van der Waals surface area contributed by atoms with Gasteiger partial charge in [-0.3, -0.25) is 9.69 Å². The Kier molecular flexibility index (Phi) is 7.38. The zero-order valence-corrected chi connectivity index (χ0v) is 19.4. The van der Waals surface area contributed by atoms with Crippen LogP contribution in [0.25, 0.3) is 17.4 Å². The molecule has 1 saturated heterocycles. The summed E-state index contributed by atoms with van der Waals surface area (Å²) in [6.45, 7) is 8.72. The lowest BCUT2D eigenvalue weighted by atomic mass is 10.1. The Balaban J connectivity index is 1.48. The van der Waals surface area contributed by atoms with Gasteiger partial charge in [0.05, 0.1) is 6.26 Å². The molecule has 1 amide bonds. The Hall–Kier alpha value is -3.21. The molecule has 1 aliphatic rings. The summed E-state index contributed by atoms with van der Waals surface area (Å²) in [5, 5.41) is 7.54. The first-order valence-electron chi connectivity index (χ1n) is 11.8. The van der Waals surface area contributed by atoms with Gasteiger partial charge in [0.2, 0.25) is 23.6 Å². The van der Waals surface area contributed by atoms with Crippen LogP contribution in [0.4, 0.5) is 11.9 Å². The molecule has 33 heavy (non-hydrogen) atoms. The highest BCUT2D eigenvalue weighted by molar-refractivity contribution is 5.84. The SMILES string of the molecule is CCCC[C@H](Nc1nc(N)n2nc(-c3ccco3)nc2n1)C(=O)N1CCN(CCCC)CC1. The van der Waals surface area contributed by atoms with Crippen molar-refractivity contribution < 1.29 is 9.21 Å². The Bertz CT molecular complexity index is 1040. The van der Waals surface area contributed by atoms with Crippen molar-refractivity contribution in [2.24, 2.45) is 0 Å². The standard InChI is InChI=1S/C22H33N9O2/c1-3-5-8-16(19(32)30-13-11-29(12-14-30)10-6-4-2)24-21-26-20(23)31-22(27-21)25-18(28-31)17-9-7-15-33-17/h7,9,15-16H,3-6,8,10-14H2,1-2H3,(H3,23,24,25,26,27,28)/t16-/m0/s1. The average molecular weight is 456 g/mol. The molecule has 1 aliphatic heterocycles. The Morgan fingerprint density at radius 2 is 1.94 bits per heavy atom. The summed E-state index contributed by atoms with van der Waals surface area (Å²) in [6, 6.07) is 3.11. The van der Waals surface area contributed by atoms with E-state index in [-0.39, 0.29) is 17.8 Å². The summed E-state index contributed by atoms with van der Waals surface area (Å²) in [6.07, 6.45) is 6.55. The number of carbonyl (C=O) groups is 1. The molecule has 11 heteroatoms. The number of amides is 1. The normalized spacial score (nSPS) is 15.8. The summed E-state index contributed by atoms with van der Waals surface area (Å²) in [5.41, 5.74) is 6.11. The second kappa shape index (κ2) is 10.6. The van der Waals surface area contributed by atoms with Gasteiger partial charge in [-0.1, -0.05) is 33.1 Å². The molecule has 11 nitrogen and oxygen atoms in total. The van der Waals surface area contributed by atoms with Crippen LogP contribution < -0.4 is 11.1 Å². The third-order valence-electron chi connectivity index (χ3n) is 5.93. The van der Waals surface area contributed by atoms with E-state index in [9.17, 15) is 4.79 Å². The molecule has 4 rings (SSSR count). The predicted molar refractivity (Wildman–Crippen MR) is 126 cm³/mol. The summed E-state index contributed by atoms with van der Waals surface area (Å²) in [4.78, 5) is 30.9. The van der Waals surface area contributed by atoms with Crippen molar-refractivity contribution in [1.29, 1.82) is 0 Å². The highest BCUT2D eigenvalue weighted by Crippen LogP contribution is 2.19. The van der Waals surface area contributed by atoms with Crippen molar-refractivity contribution in [1.82, 2.24) is 34.4 Å². The minimum Gasteiger partial charge on any atom is -0.461 e. The van der Waals surface area contributed by atoms with Crippen LogP contribution in [0.5, 0.6) is 0 Å². The maximum absolute atomic E-state index is 13.3. The topological polar surface area (TPSA) is 131 Å². The molecular formula is C22H33N9O2. The monoisotopic (exact) mass is 455 g/mol. The fourth-order valence-corrected chi connectivity index (χ4v) is 4.00. The van der Waals surface area contributed by atoms with E-state index >= 15 is 0 Å². The number of fused-ring (bicyclic) bond motifs is 1. The van der Waals surface area contributed by atoms with E-state index in [0.29, 0.717) is 23.8 Å². The first-order chi connectivity index (χ1) is 16.1. The highest BCUT2D eigenvalue weighted by atomic mass is 16.3. The molecule has 1 atom stereocenters. The molecule has 0 radical (unpaired) electrons. The van der Waals surface area contributed by atoms with Gasteiger partial charge in [0.1, 0.15) is 6.04 Å². The number of nitrogens with two attached hydrogens (primary N) is 1. The quantitative estimate of drug-likeness (QED) is 0.472. The molecule has 0 aliphatic carbocycles. The van der Waals surface area contributed by atoms with E-state index in [1.807, 2.05) is 4.90 Å². The van der Waals surface area contributed by atoms with E-state index in [2.05, 4.69) is 44.1 Å². The van der Waals surface area contributed by atoms with Gasteiger partial charge >= 0.3 is 0 Å². The number of hydrogen-bond donors (Lipinski definition) is 2. The molecule has 1 fully saturated rings. The minimum atomic E-state index is -0.415. The maximum Gasteiger partial charge on any atom is 0.259 e. The fraction of sp³-hybridized carbons (Fsp3) is 0.591. The molecule has 0 unspecified atom stereocenters. The van der Waals surface area contributed by atoms with Crippen molar-refractivity contribution in [3.8, 4) is 11.6 Å². The molecule has 0 spiro atoms. The van der Waals surface area contributed by atoms with Crippen molar-refractivity contribution >= 4 is 23.6 Å². The number of furan rings is 1. The smallest absolute Gasteiger partial charge is 0.259 e. The molecule has 178 valence electrons. The minimum absolute atomic E-state index is 0.0818. The summed E-state index contributed by atoms with van der Waals surface area (Å²) >= 11 is 0. The lowest BCUT2D eigenvalue weighted by molar-refractivity contribution is -0.134. The first kappa shape index (κ1) is 23.0. The lowest BCUT2D eigenvalue weighted by Crippen LogP contribution is -2.53. The van der Waals surface area contributed by atoms with Crippen LogP contribution in [0.2, 0.25) is 0 Å². The van der Waals surface area contributed by atoms with Crippen LogP contribution in [-0.4, -0.2) is 79.0 Å². The molecule has 3 N–H and O–H groups in total. The van der Waals surface area contributed by atoms with E-state index in [4.69, 9.17) is 10.2 Å². The van der Waals surface area contributed by atoms with Gasteiger partial charge in [0, 0.05) is 26.2 Å². The van der Waals surface area contributed by atoms with Gasteiger partial charge in [0.25, 0.3) is 5.78 Å². The van der Waals surface area contributed by atoms with Crippen LogP contribution >= 0.6 is 0 Å². The summed E-state index contributed by atoms with van der Waals surface area (Å²) in [7, 11) is 0. The van der Waals surface area contributed by atoms with Crippen molar-refractivity contribution in [3.05, 3.63) is 18.4 Å². The lowest BCUT2D eigenvalue weighted by Gasteiger charge is -2.36. The Morgan fingerprint density at radius 1 is 1.15 bits per heavy atom. The third-order valence-corrected chi connectivity index (χ3v) is 5.93. The highest BCUT2D eigenvalue weighted by Gasteiger charge is 2.28. The van der Waals surface area contributed by atoms with Crippen molar-refractivity contribution in [2.45, 2.75) is 52.0 Å². The number of hydrogen-bond acceptors (Lipinski definition) is 9. The number of aromatic nitrogens is 5. The van der Waals surface area contributed by atoms with E-state index < -0.39 is 6.04 Å². The van der Waals surface area contributed by atoms with Gasteiger partial charge in [-0.2, -0.15) is 19.5 Å². The second-order valence-corrected chi connectivity index (χ2v) is 8.39. The van der Waals surface area contributed by atoms with Gasteiger partial charge in [-0.05, 0) is 31.5 Å². The Labute approximate surface area is 193 Å². The van der Waals surface area contributed by atoms with Gasteiger partial charge in [0.15, 0.2) is 5.76 Å². The van der Waals surface area contributed by atoms with E-state index in [1.54, 1.807) is 18.4 Å². The van der Waals surface area contributed by atoms with Crippen molar-refractivity contribution in [3.63, 3.8) is 0 Å². The molecule has 0 bridgehead atoms. The summed E-state index contributed by atoms with van der Waals surface area (Å²) in [5.74, 6) is 1.68. The number of nitrogens with zero attached hydrogens (tertiary/aromatic N) is 7. The van der Waals surface area contributed by atoms with Gasteiger partial charge in [-0.25, -0.2) is 0 Å². The number of piperazine rings is 1. The van der Waals surface area contributed by atoms with Crippen LogP contribution in [0.1, 0.15) is 46.0 Å². The number of nitrogen functional groups attached to an aromatic ring is 1. The Morgan fingerprint density at radius 3 is 2.64 bits per heavy atom. The predicted octanol–water partition coefficient (Wildman–Crippen LogP) is 2.28. The van der Waals surface area contributed by atoms with Crippen LogP contribution in [0.3, 0.4) is 0 Å². The molecular weight excluding hydrogens is 422 g/mol. The number of anilines is 2. The molecule has 3 aromatic heterocycles. The molecule has 0 aromatic carbocycles. The average Bonchev–Trinajstić information content (AvgIpc) is 3.50. The maximum atomic E-state index is 13.3. The molecule has 3 aromatic rings. The zero-order valence-electron chi connectivity index (χ0n) is 19.4. The number of nitrogens with one attached hydrogen (secondary N) is 1. The largest absolute Gasteiger partial charge is 0.461 e. The fourth-order valence-electron chi connectivity index (χ4n) is 4.00. The number of carbonyl (C=O) groups excluding carboxylic acids is 1. The zero-order chi connectivity index (χ0) is 23.2. The van der Waals surface area contributed by atoms with Crippen LogP contribution in [0.15, 0.2) is 22.8 Å². The van der Waals surface area contributed by atoms with Crippen LogP contribution in [-0.2, 0) is 4.79 Å². The van der Waals surface area contributed by atoms with E-state index in [1.165, 1.54) is 17.4 Å². The molecule has 4 heterocycles. The van der Waals surface area contributed by atoms with Gasteiger partial charge in [-0.15, -0.1) is 5.10 Å². The van der Waals surface area contributed by atoms with Crippen LogP contribution in [0, 0.1) is 0 Å².